The molecule has 3 aromatic carbocycles. The largest absolute Gasteiger partial charge is 0.492 e. The average molecular weight is 455 g/mol. The molecule has 0 heterocycles. The van der Waals surface area contributed by atoms with E-state index in [4.69, 9.17) is 21.1 Å². The molecule has 9 heteroatoms. The number of anilines is 1. The summed E-state index contributed by atoms with van der Waals surface area (Å²) >= 11 is 6.04. The van der Waals surface area contributed by atoms with Gasteiger partial charge in [-0.2, -0.15) is 0 Å². The van der Waals surface area contributed by atoms with Crippen LogP contribution in [0, 0.1) is 10.1 Å². The maximum Gasteiger partial charge on any atom is 0.340 e. The van der Waals surface area contributed by atoms with Gasteiger partial charge < -0.3 is 14.8 Å². The van der Waals surface area contributed by atoms with Gasteiger partial charge in [-0.1, -0.05) is 54.1 Å². The number of halogens is 1. The van der Waals surface area contributed by atoms with Gasteiger partial charge in [0.2, 0.25) is 6.10 Å². The molecule has 1 N–H and O–H groups in total. The van der Waals surface area contributed by atoms with E-state index in [0.29, 0.717) is 23.6 Å². The minimum Gasteiger partial charge on any atom is -0.492 e. The number of benzene rings is 3. The van der Waals surface area contributed by atoms with Crippen molar-refractivity contribution in [1.82, 2.24) is 0 Å². The molecule has 0 fully saturated rings. The van der Waals surface area contributed by atoms with E-state index >= 15 is 0 Å². The molecule has 0 radical (unpaired) electrons. The minimum absolute atomic E-state index is 0.0966. The number of non-ortho nitro benzene ring substituents is 1. The monoisotopic (exact) mass is 454 g/mol. The Balaban J connectivity index is 1.88. The van der Waals surface area contributed by atoms with Crippen molar-refractivity contribution >= 4 is 34.9 Å². The zero-order valence-corrected chi connectivity index (χ0v) is 17.7. The summed E-state index contributed by atoms with van der Waals surface area (Å²) in [6.45, 7) is 2.23. The Morgan fingerprint density at radius 2 is 1.75 bits per heavy atom. The molecule has 0 aromatic heterocycles. The van der Waals surface area contributed by atoms with Crippen LogP contribution in [0.5, 0.6) is 5.75 Å². The van der Waals surface area contributed by atoms with Gasteiger partial charge in [-0.3, -0.25) is 14.9 Å². The molecule has 164 valence electrons. The second kappa shape index (κ2) is 10.4. The Hall–Kier alpha value is -3.91. The van der Waals surface area contributed by atoms with E-state index in [1.807, 2.05) is 6.92 Å². The fourth-order valence-corrected chi connectivity index (χ4v) is 3.16. The van der Waals surface area contributed by atoms with Crippen LogP contribution in [0.3, 0.4) is 0 Å². The van der Waals surface area contributed by atoms with Crippen LogP contribution in [0.1, 0.15) is 28.9 Å². The third-order valence-corrected chi connectivity index (χ3v) is 4.71. The summed E-state index contributed by atoms with van der Waals surface area (Å²) in [5.74, 6) is -1.03. The first-order valence-corrected chi connectivity index (χ1v) is 10.0. The highest BCUT2D eigenvalue weighted by atomic mass is 35.5. The number of ether oxygens (including phenoxy) is 2. The Morgan fingerprint density at radius 3 is 2.41 bits per heavy atom. The number of carbonyl (C=O) groups is 2. The lowest BCUT2D eigenvalue weighted by molar-refractivity contribution is -0.384. The highest BCUT2D eigenvalue weighted by Crippen LogP contribution is 2.29. The highest BCUT2D eigenvalue weighted by Gasteiger charge is 2.28. The third-order valence-electron chi connectivity index (χ3n) is 4.39. The average Bonchev–Trinajstić information content (AvgIpc) is 2.79. The lowest BCUT2D eigenvalue weighted by Crippen LogP contribution is -2.26. The number of hydrogen-bond donors (Lipinski definition) is 1. The van der Waals surface area contributed by atoms with Crippen molar-refractivity contribution in [2.45, 2.75) is 13.0 Å². The second-order valence-electron chi connectivity index (χ2n) is 6.54. The predicted molar refractivity (Wildman–Crippen MR) is 119 cm³/mol. The zero-order chi connectivity index (χ0) is 23.1. The third kappa shape index (κ3) is 5.41. The van der Waals surface area contributed by atoms with Gasteiger partial charge in [0.05, 0.1) is 27.8 Å². The summed E-state index contributed by atoms with van der Waals surface area (Å²) in [5, 5.41) is 13.5. The maximum absolute atomic E-state index is 13.1. The van der Waals surface area contributed by atoms with Gasteiger partial charge in [0.25, 0.3) is 11.6 Å². The Bertz CT molecular complexity index is 1140. The number of nitrogens with zero attached hydrogens (tertiary/aromatic N) is 1. The van der Waals surface area contributed by atoms with Gasteiger partial charge >= 0.3 is 5.97 Å². The molecule has 3 aromatic rings. The van der Waals surface area contributed by atoms with Crippen LogP contribution in [0.4, 0.5) is 11.4 Å². The molecule has 0 aliphatic heterocycles. The first-order chi connectivity index (χ1) is 15.4. The minimum atomic E-state index is -1.30. The Morgan fingerprint density at radius 1 is 1.06 bits per heavy atom. The predicted octanol–water partition coefficient (Wildman–Crippen LogP) is 5.18. The second-order valence-corrected chi connectivity index (χ2v) is 6.94. The van der Waals surface area contributed by atoms with Crippen LogP contribution < -0.4 is 10.1 Å². The molecule has 3 rings (SSSR count). The Labute approximate surface area is 188 Å². The number of para-hydroxylation sites is 2. The van der Waals surface area contributed by atoms with Crippen molar-refractivity contribution in [3.8, 4) is 5.75 Å². The van der Waals surface area contributed by atoms with Crippen molar-refractivity contribution in [1.29, 1.82) is 0 Å². The van der Waals surface area contributed by atoms with Gasteiger partial charge in [0, 0.05) is 17.7 Å². The van der Waals surface area contributed by atoms with E-state index in [2.05, 4.69) is 5.32 Å². The van der Waals surface area contributed by atoms with Crippen LogP contribution in [0.15, 0.2) is 72.8 Å². The first-order valence-electron chi connectivity index (χ1n) is 9.63. The SMILES string of the molecule is CCOc1ccccc1NC(=O)C(OC(=O)c1ccc([N+](=O)[O-])cc1Cl)c1ccccc1. The molecule has 1 unspecified atom stereocenters. The highest BCUT2D eigenvalue weighted by molar-refractivity contribution is 6.33. The number of nitro benzene ring substituents is 1. The van der Waals surface area contributed by atoms with Crippen LogP contribution in [-0.4, -0.2) is 23.4 Å². The molecule has 8 nitrogen and oxygen atoms in total. The van der Waals surface area contributed by atoms with Crippen LogP contribution in [-0.2, 0) is 9.53 Å². The van der Waals surface area contributed by atoms with Gasteiger partial charge in [0.15, 0.2) is 0 Å². The summed E-state index contributed by atoms with van der Waals surface area (Å²) in [6, 6.07) is 18.7. The summed E-state index contributed by atoms with van der Waals surface area (Å²) in [7, 11) is 0. The lowest BCUT2D eigenvalue weighted by Gasteiger charge is -2.19. The molecule has 0 bridgehead atoms. The molecule has 1 atom stereocenters. The number of amides is 1. The van der Waals surface area contributed by atoms with Crippen LogP contribution in [0.25, 0.3) is 0 Å². The normalized spacial score (nSPS) is 11.3. The molecule has 0 aliphatic rings. The number of hydrogen-bond acceptors (Lipinski definition) is 6. The number of nitro groups is 1. The van der Waals surface area contributed by atoms with Gasteiger partial charge in [0.1, 0.15) is 5.75 Å². The number of rotatable bonds is 8. The summed E-state index contributed by atoms with van der Waals surface area (Å²) in [5.41, 5.74) is 0.493. The quantitative estimate of drug-likeness (QED) is 0.285. The van der Waals surface area contributed by atoms with Crippen LogP contribution >= 0.6 is 11.6 Å². The van der Waals surface area contributed by atoms with E-state index in [1.54, 1.807) is 54.6 Å². The summed E-state index contributed by atoms with van der Waals surface area (Å²) < 4.78 is 11.0. The maximum atomic E-state index is 13.1. The molecule has 0 saturated carbocycles. The molecule has 0 spiro atoms. The van der Waals surface area contributed by atoms with Gasteiger partial charge in [-0.25, -0.2) is 4.79 Å². The van der Waals surface area contributed by atoms with E-state index < -0.39 is 22.9 Å². The van der Waals surface area contributed by atoms with Crippen LogP contribution in [0.2, 0.25) is 5.02 Å². The van der Waals surface area contributed by atoms with Crippen molar-refractivity contribution < 1.29 is 24.0 Å². The van der Waals surface area contributed by atoms with E-state index in [1.165, 1.54) is 6.07 Å². The summed E-state index contributed by atoms with van der Waals surface area (Å²) in [6.07, 6.45) is -1.30. The standard InChI is InChI=1S/C23H19ClN2O6/c1-2-31-20-11-7-6-10-19(20)25-22(27)21(15-8-4-3-5-9-15)32-23(28)17-13-12-16(26(29)30)14-18(17)24/h3-14,21H,2H2,1H3,(H,25,27). The lowest BCUT2D eigenvalue weighted by atomic mass is 10.1. The molecular formula is C23H19ClN2O6. The fraction of sp³-hybridized carbons (Fsp3) is 0.130. The fourth-order valence-electron chi connectivity index (χ4n) is 2.90. The topological polar surface area (TPSA) is 108 Å². The van der Waals surface area contributed by atoms with Crippen molar-refractivity contribution in [3.63, 3.8) is 0 Å². The van der Waals surface area contributed by atoms with E-state index in [9.17, 15) is 19.7 Å². The molecule has 32 heavy (non-hydrogen) atoms. The van der Waals surface area contributed by atoms with Crippen molar-refractivity contribution in [3.05, 3.63) is 99.1 Å². The first kappa shape index (κ1) is 22.8. The number of carbonyl (C=O) groups excluding carboxylic acids is 2. The van der Waals surface area contributed by atoms with E-state index in [-0.39, 0.29) is 16.3 Å². The van der Waals surface area contributed by atoms with Crippen molar-refractivity contribution in [2.75, 3.05) is 11.9 Å². The summed E-state index contributed by atoms with van der Waals surface area (Å²) in [4.78, 5) is 36.1. The van der Waals surface area contributed by atoms with Gasteiger partial charge in [-0.05, 0) is 25.1 Å². The van der Waals surface area contributed by atoms with Gasteiger partial charge in [-0.15, -0.1) is 0 Å². The number of nitrogens with one attached hydrogen (secondary N) is 1. The Kier molecular flexibility index (Phi) is 7.41. The van der Waals surface area contributed by atoms with E-state index in [0.717, 1.165) is 12.1 Å². The zero-order valence-electron chi connectivity index (χ0n) is 17.0. The smallest absolute Gasteiger partial charge is 0.340 e. The van der Waals surface area contributed by atoms with Crippen molar-refractivity contribution in [2.24, 2.45) is 0 Å². The molecular weight excluding hydrogens is 436 g/mol. The molecule has 0 aliphatic carbocycles. The molecule has 1 amide bonds. The number of esters is 1. The molecule has 0 saturated heterocycles.